The van der Waals surface area contributed by atoms with Crippen molar-refractivity contribution < 1.29 is 13.5 Å². The summed E-state index contributed by atoms with van der Waals surface area (Å²) in [5, 5.41) is 0.903. The Balaban J connectivity index is 2.16. The number of halogens is 4. The van der Waals surface area contributed by atoms with Gasteiger partial charge < -0.3 is 4.74 Å². The Labute approximate surface area is 123 Å². The van der Waals surface area contributed by atoms with Crippen molar-refractivity contribution >= 4 is 27.5 Å². The summed E-state index contributed by atoms with van der Waals surface area (Å²) in [6, 6.07) is 8.32. The van der Waals surface area contributed by atoms with Crippen LogP contribution in [0.3, 0.4) is 0 Å². The molecule has 0 aliphatic rings. The van der Waals surface area contributed by atoms with Crippen molar-refractivity contribution in [3.05, 3.63) is 64.2 Å². The van der Waals surface area contributed by atoms with Crippen LogP contribution in [0, 0.1) is 11.6 Å². The maximum Gasteiger partial charge on any atom is 0.124 e. The van der Waals surface area contributed by atoms with Crippen LogP contribution in [-0.4, -0.2) is 0 Å². The Hall–Kier alpha value is -1.13. The van der Waals surface area contributed by atoms with Gasteiger partial charge in [-0.05, 0) is 36.4 Å². The smallest absolute Gasteiger partial charge is 0.124 e. The van der Waals surface area contributed by atoms with Crippen molar-refractivity contribution in [3.8, 4) is 5.75 Å². The fourth-order valence-corrected chi connectivity index (χ4v) is 2.21. The number of alkyl halides is 1. The fourth-order valence-electron chi connectivity index (χ4n) is 1.60. The Kier molecular flexibility index (Phi) is 4.77. The van der Waals surface area contributed by atoms with Crippen molar-refractivity contribution in [1.29, 1.82) is 0 Å². The summed E-state index contributed by atoms with van der Waals surface area (Å²) in [6.07, 6.45) is 0. The third-order valence-corrected chi connectivity index (χ3v) is 3.53. The zero-order valence-corrected chi connectivity index (χ0v) is 12.1. The van der Waals surface area contributed by atoms with Gasteiger partial charge in [0.1, 0.15) is 24.0 Å². The standard InChI is InChI=1S/C14H10BrClF2O/c15-7-9-5-12(18)2-4-14(9)19-8-10-6-11(17)1-3-13(10)16/h1-6H,7-8H2. The number of benzene rings is 2. The predicted octanol–water partition coefficient (Wildman–Crippen LogP) is 5.09. The molecule has 0 aliphatic heterocycles. The minimum Gasteiger partial charge on any atom is -0.489 e. The van der Waals surface area contributed by atoms with Gasteiger partial charge in [-0.2, -0.15) is 0 Å². The molecule has 0 spiro atoms. The van der Waals surface area contributed by atoms with Gasteiger partial charge in [0.2, 0.25) is 0 Å². The molecule has 100 valence electrons. The molecule has 0 radical (unpaired) electrons. The summed E-state index contributed by atoms with van der Waals surface area (Å²) in [6.45, 7) is 0.127. The molecule has 0 amide bonds. The van der Waals surface area contributed by atoms with E-state index in [1.165, 1.54) is 30.3 Å². The molecule has 0 atom stereocenters. The Morgan fingerprint density at radius 1 is 1.00 bits per heavy atom. The number of hydrogen-bond acceptors (Lipinski definition) is 1. The van der Waals surface area contributed by atoms with Crippen LogP contribution in [0.2, 0.25) is 5.02 Å². The molecule has 2 rings (SSSR count). The van der Waals surface area contributed by atoms with E-state index in [2.05, 4.69) is 15.9 Å². The summed E-state index contributed by atoms with van der Waals surface area (Å²) in [5.74, 6) is -0.160. The number of ether oxygens (including phenoxy) is 1. The van der Waals surface area contributed by atoms with Crippen molar-refractivity contribution in [1.82, 2.24) is 0 Å². The fraction of sp³-hybridized carbons (Fsp3) is 0.143. The van der Waals surface area contributed by atoms with Gasteiger partial charge in [-0.15, -0.1) is 0 Å². The van der Waals surface area contributed by atoms with Crippen molar-refractivity contribution in [2.45, 2.75) is 11.9 Å². The first-order valence-electron chi connectivity index (χ1n) is 5.51. The van der Waals surface area contributed by atoms with Crippen LogP contribution in [0.5, 0.6) is 5.75 Å². The van der Waals surface area contributed by atoms with Gasteiger partial charge in [0.25, 0.3) is 0 Å². The van der Waals surface area contributed by atoms with Gasteiger partial charge in [-0.25, -0.2) is 8.78 Å². The van der Waals surface area contributed by atoms with Gasteiger partial charge in [0.15, 0.2) is 0 Å². The first kappa shape index (κ1) is 14.3. The van der Waals surface area contributed by atoms with Crippen LogP contribution < -0.4 is 4.74 Å². The second-order valence-corrected chi connectivity index (χ2v) is 4.88. The molecule has 19 heavy (non-hydrogen) atoms. The van der Waals surface area contributed by atoms with E-state index in [9.17, 15) is 8.78 Å². The third-order valence-electron chi connectivity index (χ3n) is 2.56. The van der Waals surface area contributed by atoms with Crippen molar-refractivity contribution in [2.75, 3.05) is 0 Å². The summed E-state index contributed by atoms with van der Waals surface area (Å²) in [4.78, 5) is 0. The molecule has 0 saturated heterocycles. The minimum absolute atomic E-state index is 0.127. The van der Waals surface area contributed by atoms with Gasteiger partial charge >= 0.3 is 0 Å². The van der Waals surface area contributed by atoms with Crippen LogP contribution in [-0.2, 0) is 11.9 Å². The normalized spacial score (nSPS) is 10.5. The molecule has 5 heteroatoms. The van der Waals surface area contributed by atoms with Gasteiger partial charge in [0, 0.05) is 21.5 Å². The van der Waals surface area contributed by atoms with E-state index < -0.39 is 0 Å². The molecule has 2 aromatic rings. The summed E-state index contributed by atoms with van der Waals surface area (Å²) < 4.78 is 31.7. The lowest BCUT2D eigenvalue weighted by Gasteiger charge is -2.11. The number of rotatable bonds is 4. The van der Waals surface area contributed by atoms with Crippen LogP contribution >= 0.6 is 27.5 Å². The molecule has 0 fully saturated rings. The molecule has 0 N–H and O–H groups in total. The monoisotopic (exact) mass is 346 g/mol. The van der Waals surface area contributed by atoms with E-state index in [0.29, 0.717) is 27.2 Å². The lowest BCUT2D eigenvalue weighted by molar-refractivity contribution is 0.303. The zero-order chi connectivity index (χ0) is 13.8. The quantitative estimate of drug-likeness (QED) is 0.700. The topological polar surface area (TPSA) is 9.23 Å². The maximum absolute atomic E-state index is 13.1. The predicted molar refractivity (Wildman–Crippen MR) is 74.8 cm³/mol. The highest BCUT2D eigenvalue weighted by molar-refractivity contribution is 9.08. The first-order valence-corrected chi connectivity index (χ1v) is 7.01. The molecular weight excluding hydrogens is 338 g/mol. The average Bonchev–Trinajstić information content (AvgIpc) is 2.40. The van der Waals surface area contributed by atoms with Crippen molar-refractivity contribution in [2.24, 2.45) is 0 Å². The SMILES string of the molecule is Fc1ccc(Cl)c(COc2ccc(F)cc2CBr)c1. The van der Waals surface area contributed by atoms with E-state index in [1.54, 1.807) is 6.07 Å². The molecule has 0 unspecified atom stereocenters. The highest BCUT2D eigenvalue weighted by Crippen LogP contribution is 2.25. The lowest BCUT2D eigenvalue weighted by Crippen LogP contribution is -1.99. The molecule has 0 heterocycles. The Bertz CT molecular complexity index is 590. The van der Waals surface area contributed by atoms with Gasteiger partial charge in [-0.3, -0.25) is 0 Å². The Morgan fingerprint density at radius 2 is 1.63 bits per heavy atom. The minimum atomic E-state index is -0.372. The molecule has 0 aliphatic carbocycles. The molecule has 1 nitrogen and oxygen atoms in total. The molecular formula is C14H10BrClF2O. The molecule has 0 saturated carbocycles. The molecule has 0 bridgehead atoms. The van der Waals surface area contributed by atoms with Gasteiger partial charge in [0.05, 0.1) is 0 Å². The largest absolute Gasteiger partial charge is 0.489 e. The highest BCUT2D eigenvalue weighted by Gasteiger charge is 2.07. The first-order chi connectivity index (χ1) is 9.10. The van der Waals surface area contributed by atoms with Crippen LogP contribution in [0.15, 0.2) is 36.4 Å². The van der Waals surface area contributed by atoms with E-state index >= 15 is 0 Å². The summed E-state index contributed by atoms with van der Waals surface area (Å²) in [7, 11) is 0. The lowest BCUT2D eigenvalue weighted by atomic mass is 10.2. The van der Waals surface area contributed by atoms with Crippen LogP contribution in [0.25, 0.3) is 0 Å². The second-order valence-electron chi connectivity index (χ2n) is 3.91. The van der Waals surface area contributed by atoms with Crippen LogP contribution in [0.4, 0.5) is 8.78 Å². The molecule has 2 aromatic carbocycles. The van der Waals surface area contributed by atoms with E-state index in [1.807, 2.05) is 0 Å². The zero-order valence-electron chi connectivity index (χ0n) is 9.80. The third kappa shape index (κ3) is 3.67. The molecule has 0 aromatic heterocycles. The van der Waals surface area contributed by atoms with E-state index in [-0.39, 0.29) is 18.2 Å². The summed E-state index contributed by atoms with van der Waals surface area (Å²) >= 11 is 9.21. The maximum atomic E-state index is 13.1. The average molecular weight is 348 g/mol. The second kappa shape index (κ2) is 6.35. The van der Waals surface area contributed by atoms with E-state index in [4.69, 9.17) is 16.3 Å². The summed E-state index contributed by atoms with van der Waals surface area (Å²) in [5.41, 5.74) is 1.24. The Morgan fingerprint density at radius 3 is 2.32 bits per heavy atom. The number of hydrogen-bond donors (Lipinski definition) is 0. The van der Waals surface area contributed by atoms with Crippen LogP contribution in [0.1, 0.15) is 11.1 Å². The van der Waals surface area contributed by atoms with Crippen molar-refractivity contribution in [3.63, 3.8) is 0 Å². The van der Waals surface area contributed by atoms with E-state index in [0.717, 1.165) is 0 Å². The van der Waals surface area contributed by atoms with Gasteiger partial charge in [-0.1, -0.05) is 27.5 Å². The highest BCUT2D eigenvalue weighted by atomic mass is 79.9.